The van der Waals surface area contributed by atoms with Crippen LogP contribution in [0.25, 0.3) is 0 Å². The van der Waals surface area contributed by atoms with E-state index in [4.69, 9.17) is 0 Å². The third-order valence-corrected chi connectivity index (χ3v) is 4.46. The zero-order valence-electron chi connectivity index (χ0n) is 9.86. The highest BCUT2D eigenvalue weighted by Gasteiger charge is 2.34. The Labute approximate surface area is 88.7 Å². The average molecular weight is 195 g/mol. The maximum atomic E-state index is 3.81. The molecule has 0 aromatic heterocycles. The first-order chi connectivity index (χ1) is 6.62. The molecule has 2 aliphatic carbocycles. The van der Waals surface area contributed by atoms with E-state index < -0.39 is 0 Å². The Morgan fingerprint density at radius 1 is 0.857 bits per heavy atom. The largest absolute Gasteiger partial charge is 0.311 e. The Morgan fingerprint density at radius 3 is 2.00 bits per heavy atom. The van der Waals surface area contributed by atoms with Gasteiger partial charge >= 0.3 is 0 Å². The molecule has 0 amide bonds. The first kappa shape index (κ1) is 10.5. The van der Waals surface area contributed by atoms with Gasteiger partial charge in [-0.15, -0.1) is 0 Å². The van der Waals surface area contributed by atoms with Crippen molar-refractivity contribution in [2.75, 3.05) is 6.54 Å². The molecule has 0 aliphatic heterocycles. The number of hydrogen-bond donors (Lipinski definition) is 1. The van der Waals surface area contributed by atoms with E-state index >= 15 is 0 Å². The van der Waals surface area contributed by atoms with Crippen molar-refractivity contribution in [1.29, 1.82) is 0 Å². The first-order valence-corrected chi connectivity index (χ1v) is 6.37. The lowest BCUT2D eigenvalue weighted by molar-refractivity contribution is 0.142. The monoisotopic (exact) mass is 195 g/mol. The minimum atomic E-state index is 0.500. The van der Waals surface area contributed by atoms with E-state index in [1.54, 1.807) is 0 Å². The smallest absolute Gasteiger partial charge is 0.0153 e. The fourth-order valence-corrected chi connectivity index (χ4v) is 2.89. The van der Waals surface area contributed by atoms with Gasteiger partial charge < -0.3 is 5.32 Å². The molecular formula is C13H25N. The van der Waals surface area contributed by atoms with Crippen LogP contribution in [0.4, 0.5) is 0 Å². The van der Waals surface area contributed by atoms with E-state index in [-0.39, 0.29) is 0 Å². The highest BCUT2D eigenvalue weighted by Crippen LogP contribution is 2.37. The lowest BCUT2D eigenvalue weighted by atomic mass is 9.73. The molecular weight excluding hydrogens is 170 g/mol. The molecule has 0 unspecified atom stereocenters. The van der Waals surface area contributed by atoms with Crippen molar-refractivity contribution in [2.45, 2.75) is 70.8 Å². The molecule has 0 atom stereocenters. The standard InChI is InChI=1S/C13H25N/c1-12(7-4-3-5-8-12)11-14-13(2)9-6-10-13/h14H,3-11H2,1-2H3. The fraction of sp³-hybridized carbons (Fsp3) is 1.00. The van der Waals surface area contributed by atoms with Gasteiger partial charge in [-0.3, -0.25) is 0 Å². The van der Waals surface area contributed by atoms with Gasteiger partial charge in [-0.25, -0.2) is 0 Å². The van der Waals surface area contributed by atoms with Crippen molar-refractivity contribution in [1.82, 2.24) is 5.32 Å². The SMILES string of the molecule is CC1(CNC2(C)CCC2)CCCCC1. The number of hydrogen-bond acceptors (Lipinski definition) is 1. The van der Waals surface area contributed by atoms with Crippen molar-refractivity contribution < 1.29 is 0 Å². The Morgan fingerprint density at radius 2 is 1.50 bits per heavy atom. The predicted molar refractivity (Wildman–Crippen MR) is 61.5 cm³/mol. The second kappa shape index (κ2) is 3.84. The average Bonchev–Trinajstić information content (AvgIpc) is 2.13. The molecule has 0 radical (unpaired) electrons. The third kappa shape index (κ3) is 2.31. The quantitative estimate of drug-likeness (QED) is 0.727. The Bertz CT molecular complexity index is 187. The van der Waals surface area contributed by atoms with Gasteiger partial charge in [-0.2, -0.15) is 0 Å². The van der Waals surface area contributed by atoms with Crippen molar-refractivity contribution in [3.05, 3.63) is 0 Å². The topological polar surface area (TPSA) is 12.0 Å². The van der Waals surface area contributed by atoms with Gasteiger partial charge in [0.15, 0.2) is 0 Å². The van der Waals surface area contributed by atoms with Crippen LogP contribution in [0, 0.1) is 5.41 Å². The van der Waals surface area contributed by atoms with E-state index in [1.165, 1.54) is 57.9 Å². The van der Waals surface area contributed by atoms with Gasteiger partial charge in [-0.05, 0) is 44.4 Å². The van der Waals surface area contributed by atoms with Crippen LogP contribution in [0.15, 0.2) is 0 Å². The summed E-state index contributed by atoms with van der Waals surface area (Å²) in [6.45, 7) is 6.12. The van der Waals surface area contributed by atoms with Crippen molar-refractivity contribution in [3.8, 4) is 0 Å². The van der Waals surface area contributed by atoms with Crippen LogP contribution in [0.1, 0.15) is 65.2 Å². The van der Waals surface area contributed by atoms with Gasteiger partial charge in [-0.1, -0.05) is 26.2 Å². The summed E-state index contributed by atoms with van der Waals surface area (Å²) in [4.78, 5) is 0. The summed E-state index contributed by atoms with van der Waals surface area (Å²) in [5.41, 5.74) is 1.11. The van der Waals surface area contributed by atoms with E-state index in [0.717, 1.165) is 0 Å². The predicted octanol–water partition coefficient (Wildman–Crippen LogP) is 3.49. The van der Waals surface area contributed by atoms with Crippen LogP contribution in [0.2, 0.25) is 0 Å². The molecule has 0 bridgehead atoms. The lowest BCUT2D eigenvalue weighted by Gasteiger charge is -2.43. The summed E-state index contributed by atoms with van der Waals surface area (Å²) in [5, 5.41) is 3.81. The zero-order valence-corrected chi connectivity index (χ0v) is 9.86. The van der Waals surface area contributed by atoms with Crippen molar-refractivity contribution in [2.24, 2.45) is 5.41 Å². The Hall–Kier alpha value is -0.0400. The van der Waals surface area contributed by atoms with Crippen LogP contribution in [-0.4, -0.2) is 12.1 Å². The van der Waals surface area contributed by atoms with Crippen LogP contribution >= 0.6 is 0 Å². The fourth-order valence-electron chi connectivity index (χ4n) is 2.89. The van der Waals surface area contributed by atoms with Crippen LogP contribution in [0.3, 0.4) is 0 Å². The third-order valence-electron chi connectivity index (χ3n) is 4.46. The molecule has 0 heterocycles. The summed E-state index contributed by atoms with van der Waals surface area (Å²) in [6, 6.07) is 0. The lowest BCUT2D eigenvalue weighted by Crippen LogP contribution is -2.51. The van der Waals surface area contributed by atoms with E-state index in [0.29, 0.717) is 11.0 Å². The maximum absolute atomic E-state index is 3.81. The molecule has 14 heavy (non-hydrogen) atoms. The van der Waals surface area contributed by atoms with E-state index in [9.17, 15) is 0 Å². The summed E-state index contributed by atoms with van der Waals surface area (Å²) in [6.07, 6.45) is 11.5. The maximum Gasteiger partial charge on any atom is 0.0153 e. The molecule has 0 spiro atoms. The summed E-state index contributed by atoms with van der Waals surface area (Å²) in [5.74, 6) is 0. The second-order valence-electron chi connectivity index (χ2n) is 6.14. The molecule has 1 nitrogen and oxygen atoms in total. The second-order valence-corrected chi connectivity index (χ2v) is 6.14. The normalized spacial score (nSPS) is 29.6. The minimum absolute atomic E-state index is 0.500. The molecule has 2 saturated carbocycles. The zero-order chi connectivity index (χ0) is 10.1. The minimum Gasteiger partial charge on any atom is -0.311 e. The molecule has 0 aromatic rings. The molecule has 82 valence electrons. The van der Waals surface area contributed by atoms with Crippen molar-refractivity contribution in [3.63, 3.8) is 0 Å². The highest BCUT2D eigenvalue weighted by molar-refractivity contribution is 4.93. The van der Waals surface area contributed by atoms with Crippen molar-refractivity contribution >= 4 is 0 Å². The van der Waals surface area contributed by atoms with Gasteiger partial charge in [0.25, 0.3) is 0 Å². The first-order valence-electron chi connectivity index (χ1n) is 6.37. The molecule has 2 rings (SSSR count). The van der Waals surface area contributed by atoms with Gasteiger partial charge in [0.2, 0.25) is 0 Å². The number of nitrogens with one attached hydrogen (secondary N) is 1. The Kier molecular flexibility index (Phi) is 2.88. The van der Waals surface area contributed by atoms with Gasteiger partial charge in [0, 0.05) is 12.1 Å². The summed E-state index contributed by atoms with van der Waals surface area (Å²) < 4.78 is 0. The molecule has 0 saturated heterocycles. The molecule has 2 aliphatic rings. The Balaban J connectivity index is 1.77. The molecule has 1 heteroatoms. The van der Waals surface area contributed by atoms with Gasteiger partial charge in [0.1, 0.15) is 0 Å². The summed E-state index contributed by atoms with van der Waals surface area (Å²) >= 11 is 0. The van der Waals surface area contributed by atoms with E-state index in [2.05, 4.69) is 19.2 Å². The van der Waals surface area contributed by atoms with Crippen LogP contribution in [0.5, 0.6) is 0 Å². The van der Waals surface area contributed by atoms with Crippen LogP contribution in [-0.2, 0) is 0 Å². The highest BCUT2D eigenvalue weighted by atomic mass is 15.0. The molecule has 2 fully saturated rings. The number of rotatable bonds is 3. The summed E-state index contributed by atoms with van der Waals surface area (Å²) in [7, 11) is 0. The van der Waals surface area contributed by atoms with Crippen LogP contribution < -0.4 is 5.32 Å². The molecule has 1 N–H and O–H groups in total. The van der Waals surface area contributed by atoms with Gasteiger partial charge in [0.05, 0.1) is 0 Å². The molecule has 0 aromatic carbocycles. The van der Waals surface area contributed by atoms with E-state index in [1.807, 2.05) is 0 Å².